The first-order chi connectivity index (χ1) is 14.8. The summed E-state index contributed by atoms with van der Waals surface area (Å²) in [5.74, 6) is 0. The normalized spacial score (nSPS) is 11.1. The average Bonchev–Trinajstić information content (AvgIpc) is 2.74. The summed E-state index contributed by atoms with van der Waals surface area (Å²) in [7, 11) is -4.08. The van der Waals surface area contributed by atoms with E-state index in [0.29, 0.717) is 16.1 Å². The van der Waals surface area contributed by atoms with Gasteiger partial charge in [0, 0.05) is 11.1 Å². The SMILES string of the molecule is N#Cc1ccc(/C=N\Nc2ccc(S(=O)(=O)Nc3cccc(Cl)c3)cc2[N+](=O)[O-])cc1. The summed E-state index contributed by atoms with van der Waals surface area (Å²) in [6.07, 6.45) is 1.41. The van der Waals surface area contributed by atoms with Crippen molar-refractivity contribution in [2.45, 2.75) is 4.90 Å². The Kier molecular flexibility index (Phi) is 6.49. The fourth-order valence-corrected chi connectivity index (χ4v) is 3.77. The van der Waals surface area contributed by atoms with Crippen LogP contribution in [0.5, 0.6) is 0 Å². The van der Waals surface area contributed by atoms with Crippen LogP contribution < -0.4 is 10.1 Å². The number of benzene rings is 3. The molecule has 0 aliphatic heterocycles. The first-order valence-electron chi connectivity index (χ1n) is 8.64. The zero-order valence-corrected chi connectivity index (χ0v) is 17.3. The Morgan fingerprint density at radius 3 is 2.48 bits per heavy atom. The second kappa shape index (κ2) is 9.25. The Morgan fingerprint density at radius 1 is 1.10 bits per heavy atom. The van der Waals surface area contributed by atoms with Gasteiger partial charge < -0.3 is 0 Å². The largest absolute Gasteiger partial charge is 0.295 e. The van der Waals surface area contributed by atoms with Crippen molar-refractivity contribution < 1.29 is 13.3 Å². The van der Waals surface area contributed by atoms with Crippen LogP contribution in [0.2, 0.25) is 5.02 Å². The number of nitro groups is 1. The van der Waals surface area contributed by atoms with Gasteiger partial charge in [-0.15, -0.1) is 0 Å². The molecule has 3 aromatic carbocycles. The van der Waals surface area contributed by atoms with Gasteiger partial charge in [0.15, 0.2) is 0 Å². The molecule has 0 bridgehead atoms. The molecule has 0 spiro atoms. The highest BCUT2D eigenvalue weighted by Gasteiger charge is 2.21. The molecule has 0 atom stereocenters. The lowest BCUT2D eigenvalue weighted by Crippen LogP contribution is -2.13. The summed E-state index contributed by atoms with van der Waals surface area (Å²) in [6, 6.07) is 18.0. The van der Waals surface area contributed by atoms with E-state index in [1.165, 1.54) is 30.5 Å². The number of anilines is 2. The highest BCUT2D eigenvalue weighted by molar-refractivity contribution is 7.92. The second-order valence-corrected chi connectivity index (χ2v) is 8.27. The minimum atomic E-state index is -4.08. The van der Waals surface area contributed by atoms with Gasteiger partial charge in [0.05, 0.1) is 33.4 Å². The Labute approximate surface area is 182 Å². The van der Waals surface area contributed by atoms with Crippen molar-refractivity contribution in [2.75, 3.05) is 10.1 Å². The summed E-state index contributed by atoms with van der Waals surface area (Å²) in [5, 5.41) is 24.5. The van der Waals surface area contributed by atoms with Gasteiger partial charge in [0.25, 0.3) is 15.7 Å². The molecular formula is C20H14ClN5O4S. The van der Waals surface area contributed by atoms with Gasteiger partial charge in [0.1, 0.15) is 5.69 Å². The molecule has 2 N–H and O–H groups in total. The molecule has 156 valence electrons. The minimum Gasteiger partial charge on any atom is -0.280 e. The van der Waals surface area contributed by atoms with Crippen molar-refractivity contribution in [2.24, 2.45) is 5.10 Å². The maximum Gasteiger partial charge on any atom is 0.295 e. The van der Waals surface area contributed by atoms with Crippen molar-refractivity contribution in [1.82, 2.24) is 0 Å². The Balaban J connectivity index is 1.82. The highest BCUT2D eigenvalue weighted by Crippen LogP contribution is 2.29. The number of rotatable bonds is 7. The van der Waals surface area contributed by atoms with Crippen LogP contribution in [0.15, 0.2) is 76.7 Å². The number of nitrogens with one attached hydrogen (secondary N) is 2. The third-order valence-electron chi connectivity index (χ3n) is 3.99. The number of nitriles is 1. The molecule has 0 unspecified atom stereocenters. The van der Waals surface area contributed by atoms with Crippen LogP contribution in [-0.2, 0) is 10.0 Å². The molecule has 0 aliphatic rings. The summed E-state index contributed by atoms with van der Waals surface area (Å²) in [4.78, 5) is 10.5. The van der Waals surface area contributed by atoms with E-state index >= 15 is 0 Å². The molecule has 0 saturated heterocycles. The van der Waals surface area contributed by atoms with E-state index < -0.39 is 20.6 Å². The van der Waals surface area contributed by atoms with Crippen molar-refractivity contribution in [3.8, 4) is 6.07 Å². The van der Waals surface area contributed by atoms with E-state index in [2.05, 4.69) is 15.2 Å². The molecule has 0 fully saturated rings. The first kappa shape index (κ1) is 21.8. The Bertz CT molecular complexity index is 1300. The summed E-state index contributed by atoms with van der Waals surface area (Å²) in [6.45, 7) is 0. The van der Waals surface area contributed by atoms with Crippen LogP contribution >= 0.6 is 11.6 Å². The van der Waals surface area contributed by atoms with E-state index in [9.17, 15) is 18.5 Å². The molecule has 0 amide bonds. The molecular weight excluding hydrogens is 442 g/mol. The van der Waals surface area contributed by atoms with Crippen LogP contribution in [0, 0.1) is 21.4 Å². The van der Waals surface area contributed by atoms with Crippen LogP contribution in [0.25, 0.3) is 0 Å². The third-order valence-corrected chi connectivity index (χ3v) is 5.61. The van der Waals surface area contributed by atoms with Gasteiger partial charge in [-0.25, -0.2) is 8.42 Å². The van der Waals surface area contributed by atoms with Crippen LogP contribution in [0.3, 0.4) is 0 Å². The number of nitro benzene ring substituents is 1. The molecule has 3 aromatic rings. The smallest absolute Gasteiger partial charge is 0.280 e. The average molecular weight is 456 g/mol. The number of sulfonamides is 1. The van der Waals surface area contributed by atoms with E-state index in [0.717, 1.165) is 6.07 Å². The maximum absolute atomic E-state index is 12.6. The van der Waals surface area contributed by atoms with Gasteiger partial charge in [0.2, 0.25) is 0 Å². The summed E-state index contributed by atoms with van der Waals surface area (Å²) < 4.78 is 27.5. The van der Waals surface area contributed by atoms with E-state index in [1.54, 1.807) is 36.4 Å². The second-order valence-electron chi connectivity index (χ2n) is 6.16. The number of hydrazone groups is 1. The van der Waals surface area contributed by atoms with Gasteiger partial charge in [-0.1, -0.05) is 29.8 Å². The lowest BCUT2D eigenvalue weighted by atomic mass is 10.2. The van der Waals surface area contributed by atoms with E-state index in [1.807, 2.05) is 6.07 Å². The molecule has 0 aromatic heterocycles. The topological polar surface area (TPSA) is 137 Å². The lowest BCUT2D eigenvalue weighted by molar-refractivity contribution is -0.384. The fourth-order valence-electron chi connectivity index (χ4n) is 2.51. The lowest BCUT2D eigenvalue weighted by Gasteiger charge is -2.09. The number of hydrogen-bond acceptors (Lipinski definition) is 7. The van der Waals surface area contributed by atoms with E-state index in [4.69, 9.17) is 16.9 Å². The van der Waals surface area contributed by atoms with Gasteiger partial charge >= 0.3 is 0 Å². The van der Waals surface area contributed by atoms with Crippen molar-refractivity contribution >= 4 is 44.9 Å². The molecule has 11 heteroatoms. The van der Waals surface area contributed by atoms with Crippen molar-refractivity contribution in [3.05, 3.63) is 93.0 Å². The summed E-state index contributed by atoms with van der Waals surface area (Å²) in [5.41, 5.74) is 3.46. The Morgan fingerprint density at radius 2 is 1.84 bits per heavy atom. The van der Waals surface area contributed by atoms with Crippen LogP contribution in [0.4, 0.5) is 17.1 Å². The number of nitrogens with zero attached hydrogens (tertiary/aromatic N) is 3. The van der Waals surface area contributed by atoms with Crippen molar-refractivity contribution in [3.63, 3.8) is 0 Å². The molecule has 9 nitrogen and oxygen atoms in total. The monoisotopic (exact) mass is 455 g/mol. The van der Waals surface area contributed by atoms with Crippen LogP contribution in [0.1, 0.15) is 11.1 Å². The number of hydrogen-bond donors (Lipinski definition) is 2. The van der Waals surface area contributed by atoms with Crippen LogP contribution in [-0.4, -0.2) is 19.6 Å². The predicted octanol–water partition coefficient (Wildman–Crippen LogP) is 4.37. The summed E-state index contributed by atoms with van der Waals surface area (Å²) >= 11 is 5.86. The quantitative estimate of drug-likeness (QED) is 0.308. The zero-order chi connectivity index (χ0) is 22.4. The maximum atomic E-state index is 12.6. The zero-order valence-electron chi connectivity index (χ0n) is 15.7. The molecule has 31 heavy (non-hydrogen) atoms. The molecule has 3 rings (SSSR count). The fraction of sp³-hybridized carbons (Fsp3) is 0. The highest BCUT2D eigenvalue weighted by atomic mass is 35.5. The molecule has 0 saturated carbocycles. The van der Waals surface area contributed by atoms with Crippen molar-refractivity contribution in [1.29, 1.82) is 5.26 Å². The Hall–Kier alpha value is -3.94. The minimum absolute atomic E-state index is 0.0107. The van der Waals surface area contributed by atoms with E-state index in [-0.39, 0.29) is 16.3 Å². The van der Waals surface area contributed by atoms with Gasteiger partial charge in [-0.05, 0) is 48.0 Å². The third kappa shape index (κ3) is 5.57. The predicted molar refractivity (Wildman–Crippen MR) is 118 cm³/mol. The molecule has 0 heterocycles. The molecule has 0 aliphatic carbocycles. The first-order valence-corrected chi connectivity index (χ1v) is 10.5. The van der Waals surface area contributed by atoms with Gasteiger partial charge in [-0.3, -0.25) is 20.3 Å². The standard InChI is InChI=1S/C20H14ClN5O4S/c21-16-2-1-3-17(10-16)25-31(29,30)18-8-9-19(20(11-18)26(27)28)24-23-13-15-6-4-14(12-22)5-7-15/h1-11,13,24-25H/b23-13-. The van der Waals surface area contributed by atoms with Gasteiger partial charge in [-0.2, -0.15) is 10.4 Å². The molecule has 0 radical (unpaired) electrons. The number of halogens is 1.